The van der Waals surface area contributed by atoms with E-state index < -0.39 is 57.3 Å². The lowest BCUT2D eigenvalue weighted by molar-refractivity contribution is -0.371. The van der Waals surface area contributed by atoms with Crippen molar-refractivity contribution in [2.45, 2.75) is 23.7 Å². The maximum atomic E-state index is 13.7. The molecule has 3 atom stereocenters. The summed E-state index contributed by atoms with van der Waals surface area (Å²) in [6, 6.07) is 0. The van der Waals surface area contributed by atoms with Crippen LogP contribution in [0.5, 0.6) is 0 Å². The van der Waals surface area contributed by atoms with Gasteiger partial charge in [0.25, 0.3) is 0 Å². The molecule has 0 aromatic rings. The third-order valence-electron chi connectivity index (χ3n) is 3.03. The van der Waals surface area contributed by atoms with E-state index in [1.807, 2.05) is 0 Å². The Balaban J connectivity index is 2.72. The Bertz CT molecular complexity index is 791. The van der Waals surface area contributed by atoms with Gasteiger partial charge >= 0.3 is 44.0 Å². The monoisotopic (exact) mass is 531 g/mol. The first-order valence-electron chi connectivity index (χ1n) is 6.21. The minimum atomic E-state index is -6.56. The number of hydrogen-bond acceptors (Lipinski definition) is 6. The highest BCUT2D eigenvalue weighted by atomic mass is 35.7. The van der Waals surface area contributed by atoms with Crippen LogP contribution in [0.15, 0.2) is 13.5 Å². The van der Waals surface area contributed by atoms with E-state index in [4.69, 9.17) is 33.7 Å². The maximum Gasteiger partial charge on any atom is 0.380 e. The fourth-order valence-corrected chi connectivity index (χ4v) is 14.5. The van der Waals surface area contributed by atoms with Gasteiger partial charge in [0.15, 0.2) is 0 Å². The van der Waals surface area contributed by atoms with Crippen LogP contribution < -0.4 is 0 Å². The summed E-state index contributed by atoms with van der Waals surface area (Å²) in [6.45, 7) is -18.0. The summed E-state index contributed by atoms with van der Waals surface area (Å²) >= 11 is 17.3. The molecule has 0 saturated heterocycles. The lowest BCUT2D eigenvalue weighted by Gasteiger charge is -2.36. The van der Waals surface area contributed by atoms with E-state index in [0.717, 1.165) is 7.11 Å². The van der Waals surface area contributed by atoms with Crippen molar-refractivity contribution in [1.82, 2.24) is 0 Å². The highest BCUT2D eigenvalue weighted by Crippen LogP contribution is 2.84. The molecular formula is C7H7Cl3F8N3O3P3. The van der Waals surface area contributed by atoms with Crippen molar-refractivity contribution >= 4 is 54.1 Å². The van der Waals surface area contributed by atoms with Crippen LogP contribution in [0, 0.1) is 0 Å². The van der Waals surface area contributed by atoms with Gasteiger partial charge in [-0.2, -0.15) is 48.7 Å². The van der Waals surface area contributed by atoms with E-state index in [9.17, 15) is 35.1 Å². The maximum absolute atomic E-state index is 13.7. The molecule has 20 heteroatoms. The summed E-state index contributed by atoms with van der Waals surface area (Å²) in [5.41, 5.74) is 0. The van der Waals surface area contributed by atoms with E-state index in [1.54, 1.807) is 0 Å². The molecule has 0 fully saturated rings. The van der Waals surface area contributed by atoms with E-state index in [2.05, 4.69) is 27.1 Å². The molecule has 0 radical (unpaired) electrons. The second kappa shape index (κ2) is 6.95. The van der Waals surface area contributed by atoms with Crippen LogP contribution in [0.2, 0.25) is 0 Å². The van der Waals surface area contributed by atoms with Crippen LogP contribution in [0.3, 0.4) is 0 Å². The molecule has 2 heterocycles. The Labute approximate surface area is 160 Å². The Morgan fingerprint density at radius 2 is 1.11 bits per heavy atom. The molecule has 0 spiro atoms. The van der Waals surface area contributed by atoms with Gasteiger partial charge < -0.3 is 13.6 Å². The van der Waals surface area contributed by atoms with Crippen LogP contribution in [0.25, 0.3) is 0 Å². The molecule has 2 aliphatic heterocycles. The molecule has 0 N–H and O–H groups in total. The minimum Gasteiger partial charge on any atom is -0.319 e. The molecule has 0 aliphatic carbocycles. The van der Waals surface area contributed by atoms with Crippen LogP contribution >= 0.6 is 54.1 Å². The van der Waals surface area contributed by atoms with Gasteiger partial charge in [0.2, 0.25) is 0 Å². The minimum absolute atomic E-state index is 0.894. The van der Waals surface area contributed by atoms with E-state index in [0.29, 0.717) is 0 Å². The fourth-order valence-electron chi connectivity index (χ4n) is 1.61. The number of fused-ring (bicyclic) bond motifs is 1. The van der Waals surface area contributed by atoms with Crippen molar-refractivity contribution in [3.63, 3.8) is 0 Å². The Hall–Kier alpha value is 0.880. The first-order chi connectivity index (χ1) is 11.8. The van der Waals surface area contributed by atoms with E-state index in [1.165, 1.54) is 0 Å². The van der Waals surface area contributed by atoms with Crippen molar-refractivity contribution in [2.24, 2.45) is 13.5 Å². The molecular weight excluding hydrogens is 525 g/mol. The number of nitrogens with zero attached hydrogens (tertiary/aromatic N) is 3. The second-order valence-electron chi connectivity index (χ2n) is 4.97. The lowest BCUT2D eigenvalue weighted by Crippen LogP contribution is -2.64. The zero-order valence-corrected chi connectivity index (χ0v) is 17.4. The van der Waals surface area contributed by atoms with Gasteiger partial charge in [-0.3, -0.25) is 0 Å². The summed E-state index contributed by atoms with van der Waals surface area (Å²) in [5.74, 6) is -24.7. The van der Waals surface area contributed by atoms with Crippen LogP contribution in [-0.4, -0.2) is 44.0 Å². The molecule has 27 heavy (non-hydrogen) atoms. The largest absolute Gasteiger partial charge is 0.380 e. The molecule has 2 bridgehead atoms. The molecule has 0 amide bonds. The number of hydrogen-bond donors (Lipinski definition) is 0. The first kappa shape index (κ1) is 24.2. The topological polar surface area (TPSA) is 64.8 Å². The van der Waals surface area contributed by atoms with Gasteiger partial charge in [-0.05, 0) is 33.7 Å². The second-order valence-corrected chi connectivity index (χ2v) is 14.8. The van der Waals surface area contributed by atoms with Crippen LogP contribution in [0.1, 0.15) is 0 Å². The van der Waals surface area contributed by atoms with Crippen LogP contribution in [-0.2, 0) is 13.6 Å². The fraction of sp³-hybridized carbons (Fsp3) is 1.00. The normalized spacial score (nSPS) is 42.7. The smallest absolute Gasteiger partial charge is 0.319 e. The van der Waals surface area contributed by atoms with Crippen molar-refractivity contribution in [1.29, 1.82) is 0 Å². The predicted octanol–water partition coefficient (Wildman–Crippen LogP) is 7.79. The Morgan fingerprint density at radius 3 is 1.48 bits per heavy atom. The zero-order chi connectivity index (χ0) is 21.2. The molecule has 2 aliphatic rings. The molecule has 0 aromatic heterocycles. The average Bonchev–Trinajstić information content (AvgIpc) is 2.49. The molecule has 6 nitrogen and oxygen atoms in total. The van der Waals surface area contributed by atoms with Crippen molar-refractivity contribution in [3.05, 3.63) is 0 Å². The van der Waals surface area contributed by atoms with Crippen molar-refractivity contribution in [2.75, 3.05) is 20.3 Å². The molecule has 2 rings (SSSR count). The Morgan fingerprint density at radius 1 is 0.741 bits per heavy atom. The molecule has 0 saturated carbocycles. The predicted molar refractivity (Wildman–Crippen MR) is 84.3 cm³/mol. The van der Waals surface area contributed by atoms with Crippen molar-refractivity contribution in [3.8, 4) is 0 Å². The third-order valence-corrected chi connectivity index (χ3v) is 14.4. The van der Waals surface area contributed by atoms with Gasteiger partial charge in [0.1, 0.15) is 13.2 Å². The van der Waals surface area contributed by atoms with Gasteiger partial charge in [-0.15, -0.1) is 0 Å². The van der Waals surface area contributed by atoms with E-state index in [-0.39, 0.29) is 0 Å². The first-order valence-corrected chi connectivity index (χ1v) is 13.8. The molecule has 0 unspecified atom stereocenters. The summed E-state index contributed by atoms with van der Waals surface area (Å²) in [6.07, 6.45) is 0. The molecule has 160 valence electrons. The average molecular weight is 532 g/mol. The highest BCUT2D eigenvalue weighted by molar-refractivity contribution is 8.05. The van der Waals surface area contributed by atoms with Crippen LogP contribution in [0.4, 0.5) is 35.1 Å². The Kier molecular flexibility index (Phi) is 6.22. The van der Waals surface area contributed by atoms with Gasteiger partial charge in [-0.25, -0.2) is 0 Å². The number of halogens is 11. The summed E-state index contributed by atoms with van der Waals surface area (Å²) in [4.78, 5) is 0. The van der Waals surface area contributed by atoms with Crippen molar-refractivity contribution < 1.29 is 48.7 Å². The quantitative estimate of drug-likeness (QED) is 0.256. The van der Waals surface area contributed by atoms with Gasteiger partial charge in [-0.1, -0.05) is 0 Å². The number of alkyl halides is 8. The standard InChI is InChI=1S/C7H7Cl3F8N3O3P3/c1-22-25(8)19-26(9)21-27(10,20-25)24-3-5(13,14)7(17,18)6(15,16)4(11,12)2-23-26/h2-3H2,1H3/t25-,26-,27+. The summed E-state index contributed by atoms with van der Waals surface area (Å²) in [7, 11) is 0.894. The zero-order valence-electron chi connectivity index (χ0n) is 12.5. The summed E-state index contributed by atoms with van der Waals surface area (Å²) in [5, 5.41) is 0. The lowest BCUT2D eigenvalue weighted by atomic mass is 9.99. The molecule has 0 aromatic carbocycles. The van der Waals surface area contributed by atoms with Gasteiger partial charge in [0.05, 0.1) is 0 Å². The summed E-state index contributed by atoms with van der Waals surface area (Å²) < 4.78 is 133. The SMILES string of the molecule is CO[P@@]1(Cl)=N[P@@]2(Cl)=N[P@@](Cl)(=N1)OCC(F)(F)C(F)(F)C(F)(F)C(F)(F)CO2. The number of rotatable bonds is 1. The highest BCUT2D eigenvalue weighted by Gasteiger charge is 2.80. The third kappa shape index (κ3) is 4.21. The van der Waals surface area contributed by atoms with E-state index >= 15 is 0 Å². The van der Waals surface area contributed by atoms with Gasteiger partial charge in [0, 0.05) is 7.11 Å².